The number of benzene rings is 1. The normalized spacial score (nSPS) is 10.8. The van der Waals surface area contributed by atoms with Crippen LogP contribution in [-0.2, 0) is 6.54 Å². The van der Waals surface area contributed by atoms with E-state index in [1.165, 1.54) is 12.1 Å². The Hall–Kier alpha value is -1.13. The van der Waals surface area contributed by atoms with E-state index >= 15 is 0 Å². The zero-order chi connectivity index (χ0) is 12.0. The van der Waals surface area contributed by atoms with E-state index in [1.54, 1.807) is 6.07 Å². The molecule has 0 heterocycles. The van der Waals surface area contributed by atoms with Gasteiger partial charge in [-0.05, 0) is 17.7 Å². The molecule has 1 aromatic rings. The molecule has 4 heteroatoms. The van der Waals surface area contributed by atoms with Crippen molar-refractivity contribution < 1.29 is 14.2 Å². The molecular formula is C12H18FNO2. The summed E-state index contributed by atoms with van der Waals surface area (Å²) in [4.78, 5) is 0. The fourth-order valence-electron chi connectivity index (χ4n) is 1.29. The molecule has 0 saturated carbocycles. The molecule has 0 aromatic heterocycles. The minimum atomic E-state index is -0.323. The lowest BCUT2D eigenvalue weighted by Crippen LogP contribution is -2.21. The van der Waals surface area contributed by atoms with Gasteiger partial charge in [-0.1, -0.05) is 13.8 Å². The highest BCUT2D eigenvalue weighted by Gasteiger charge is 2.02. The highest BCUT2D eigenvalue weighted by molar-refractivity contribution is 5.29. The summed E-state index contributed by atoms with van der Waals surface area (Å²) in [6, 6.07) is 4.91. The van der Waals surface area contributed by atoms with Crippen LogP contribution in [0.25, 0.3) is 0 Å². The quantitative estimate of drug-likeness (QED) is 0.777. The summed E-state index contributed by atoms with van der Waals surface area (Å²) in [5.74, 6) is 0.130. The molecule has 3 nitrogen and oxygen atoms in total. The zero-order valence-electron chi connectivity index (χ0n) is 9.66. The number of nitrogens with one attached hydrogen (secondary N) is 1. The Balaban J connectivity index is 2.65. The van der Waals surface area contributed by atoms with Crippen LogP contribution < -0.4 is 10.1 Å². The molecule has 16 heavy (non-hydrogen) atoms. The van der Waals surface area contributed by atoms with Crippen molar-refractivity contribution in [1.82, 2.24) is 5.32 Å². The summed E-state index contributed by atoms with van der Waals surface area (Å²) in [6.45, 7) is 4.77. The van der Waals surface area contributed by atoms with Crippen LogP contribution in [0, 0.1) is 5.82 Å². The fourth-order valence-corrected chi connectivity index (χ4v) is 1.29. The molecule has 90 valence electrons. The molecule has 0 aliphatic rings. The second-order valence-electron chi connectivity index (χ2n) is 3.90. The third kappa shape index (κ3) is 4.59. The maximum atomic E-state index is 13.2. The summed E-state index contributed by atoms with van der Waals surface area (Å²) >= 11 is 0. The zero-order valence-corrected chi connectivity index (χ0v) is 9.66. The van der Waals surface area contributed by atoms with Crippen molar-refractivity contribution in [3.63, 3.8) is 0 Å². The molecule has 0 spiro atoms. The van der Waals surface area contributed by atoms with Crippen LogP contribution in [0.5, 0.6) is 5.75 Å². The van der Waals surface area contributed by atoms with E-state index in [4.69, 9.17) is 9.84 Å². The molecule has 0 saturated heterocycles. The number of hydrogen-bond donors (Lipinski definition) is 2. The van der Waals surface area contributed by atoms with Gasteiger partial charge >= 0.3 is 0 Å². The van der Waals surface area contributed by atoms with E-state index in [0.717, 1.165) is 5.56 Å². The van der Waals surface area contributed by atoms with E-state index in [9.17, 15) is 4.39 Å². The van der Waals surface area contributed by atoms with Crippen LogP contribution in [0.4, 0.5) is 4.39 Å². The number of rotatable bonds is 6. The molecule has 1 rings (SSSR count). The fraction of sp³-hybridized carbons (Fsp3) is 0.500. The minimum Gasteiger partial charge on any atom is -0.491 e. The number of ether oxygens (including phenoxy) is 1. The summed E-state index contributed by atoms with van der Waals surface area (Å²) in [5.41, 5.74) is 0.835. The molecular weight excluding hydrogens is 209 g/mol. The van der Waals surface area contributed by atoms with Gasteiger partial charge in [0.25, 0.3) is 0 Å². The van der Waals surface area contributed by atoms with Gasteiger partial charge in [0.2, 0.25) is 0 Å². The van der Waals surface area contributed by atoms with Gasteiger partial charge in [0, 0.05) is 18.7 Å². The Labute approximate surface area is 95.2 Å². The van der Waals surface area contributed by atoms with E-state index in [1.807, 2.05) is 13.8 Å². The highest BCUT2D eigenvalue weighted by atomic mass is 19.1. The maximum Gasteiger partial charge on any atom is 0.127 e. The maximum absolute atomic E-state index is 13.2. The van der Waals surface area contributed by atoms with Gasteiger partial charge in [-0.15, -0.1) is 0 Å². The Kier molecular flexibility index (Phi) is 5.22. The molecule has 0 amide bonds. The van der Waals surface area contributed by atoms with Gasteiger partial charge in [-0.3, -0.25) is 0 Å². The molecule has 0 unspecified atom stereocenters. The molecule has 0 aliphatic heterocycles. The Bertz CT molecular complexity index is 329. The third-order valence-electron chi connectivity index (χ3n) is 2.01. The van der Waals surface area contributed by atoms with Crippen molar-refractivity contribution in [1.29, 1.82) is 0 Å². The van der Waals surface area contributed by atoms with Crippen molar-refractivity contribution in [3.05, 3.63) is 29.6 Å². The lowest BCUT2D eigenvalue weighted by atomic mass is 10.2. The number of aliphatic hydroxyl groups is 1. The van der Waals surface area contributed by atoms with Crippen LogP contribution in [0.3, 0.4) is 0 Å². The minimum absolute atomic E-state index is 0.0733. The van der Waals surface area contributed by atoms with Crippen LogP contribution in [-0.4, -0.2) is 24.4 Å². The Morgan fingerprint density at radius 2 is 2.12 bits per heavy atom. The average molecular weight is 227 g/mol. The van der Waals surface area contributed by atoms with Crippen LogP contribution >= 0.6 is 0 Å². The Morgan fingerprint density at radius 3 is 2.75 bits per heavy atom. The number of aliphatic hydroxyl groups excluding tert-OH is 1. The number of hydrogen-bond acceptors (Lipinski definition) is 3. The van der Waals surface area contributed by atoms with Gasteiger partial charge in [0.05, 0.1) is 6.61 Å². The largest absolute Gasteiger partial charge is 0.491 e. The molecule has 0 aliphatic carbocycles. The smallest absolute Gasteiger partial charge is 0.127 e. The van der Waals surface area contributed by atoms with E-state index in [2.05, 4.69) is 5.32 Å². The predicted molar refractivity (Wildman–Crippen MR) is 61.0 cm³/mol. The monoisotopic (exact) mass is 227 g/mol. The topological polar surface area (TPSA) is 41.5 Å². The average Bonchev–Trinajstić information content (AvgIpc) is 2.23. The van der Waals surface area contributed by atoms with Gasteiger partial charge in [-0.2, -0.15) is 0 Å². The third-order valence-corrected chi connectivity index (χ3v) is 2.01. The predicted octanol–water partition coefficient (Wildman–Crippen LogP) is 1.69. The standard InChI is InChI=1S/C12H18FNO2/c1-9(2)14-8-10-5-11(13)7-12(6-10)16-4-3-15/h5-7,9,14-15H,3-4,8H2,1-2H3. The SMILES string of the molecule is CC(C)NCc1cc(F)cc(OCCO)c1. The first-order chi connectivity index (χ1) is 7.61. The molecule has 2 N–H and O–H groups in total. The van der Waals surface area contributed by atoms with Gasteiger partial charge in [-0.25, -0.2) is 4.39 Å². The summed E-state index contributed by atoms with van der Waals surface area (Å²) < 4.78 is 18.4. The summed E-state index contributed by atoms with van der Waals surface area (Å²) in [5, 5.41) is 11.8. The second kappa shape index (κ2) is 6.45. The second-order valence-corrected chi connectivity index (χ2v) is 3.90. The van der Waals surface area contributed by atoms with Gasteiger partial charge in [0.15, 0.2) is 0 Å². The highest BCUT2D eigenvalue weighted by Crippen LogP contribution is 2.16. The van der Waals surface area contributed by atoms with Crippen molar-refractivity contribution in [2.45, 2.75) is 26.4 Å². The van der Waals surface area contributed by atoms with Gasteiger partial charge < -0.3 is 15.2 Å². The molecule has 0 bridgehead atoms. The van der Waals surface area contributed by atoms with Crippen molar-refractivity contribution in [3.8, 4) is 5.75 Å². The van der Waals surface area contributed by atoms with E-state index in [0.29, 0.717) is 18.3 Å². The van der Waals surface area contributed by atoms with E-state index in [-0.39, 0.29) is 19.0 Å². The molecule has 0 fully saturated rings. The molecule has 0 atom stereocenters. The van der Waals surface area contributed by atoms with Gasteiger partial charge in [0.1, 0.15) is 18.2 Å². The summed E-state index contributed by atoms with van der Waals surface area (Å²) in [7, 11) is 0. The lowest BCUT2D eigenvalue weighted by molar-refractivity contribution is 0.201. The van der Waals surface area contributed by atoms with Crippen molar-refractivity contribution in [2.75, 3.05) is 13.2 Å². The Morgan fingerprint density at radius 1 is 1.38 bits per heavy atom. The van der Waals surface area contributed by atoms with Crippen LogP contribution in [0.2, 0.25) is 0 Å². The first kappa shape index (κ1) is 12.9. The van der Waals surface area contributed by atoms with Crippen LogP contribution in [0.15, 0.2) is 18.2 Å². The molecule has 0 radical (unpaired) electrons. The van der Waals surface area contributed by atoms with Crippen LogP contribution in [0.1, 0.15) is 19.4 Å². The van der Waals surface area contributed by atoms with Crippen molar-refractivity contribution in [2.24, 2.45) is 0 Å². The summed E-state index contributed by atoms with van der Waals surface area (Å²) in [6.07, 6.45) is 0. The molecule has 1 aromatic carbocycles. The number of halogens is 1. The lowest BCUT2D eigenvalue weighted by Gasteiger charge is -2.10. The first-order valence-electron chi connectivity index (χ1n) is 5.38. The van der Waals surface area contributed by atoms with E-state index < -0.39 is 0 Å². The first-order valence-corrected chi connectivity index (χ1v) is 5.38. The van der Waals surface area contributed by atoms with Crippen molar-refractivity contribution >= 4 is 0 Å².